The second-order valence-corrected chi connectivity index (χ2v) is 7.96. The molecular weight excluding hydrogens is 495 g/mol. The minimum absolute atomic E-state index is 0. The second kappa shape index (κ2) is 13.7. The fourth-order valence-corrected chi connectivity index (χ4v) is 3.61. The van der Waals surface area contributed by atoms with Crippen LogP contribution >= 0.6 is 0 Å². The molecule has 0 atom stereocenters. The Kier molecular flexibility index (Phi) is 10.9. The minimum Gasteiger partial charge on any atom is -0.469 e. The summed E-state index contributed by atoms with van der Waals surface area (Å²) in [5.41, 5.74) is 1.91. The quantitative estimate of drug-likeness (QED) is 0.405. The van der Waals surface area contributed by atoms with Crippen molar-refractivity contribution in [1.29, 1.82) is 0 Å². The average molecular weight is 524 g/mol. The molecule has 0 unspecified atom stereocenters. The first-order valence-electron chi connectivity index (χ1n) is 11.4. The molecule has 0 amide bonds. The number of hydrogen-bond acceptors (Lipinski definition) is 7. The molecule has 2 aliphatic rings. The van der Waals surface area contributed by atoms with Crippen LogP contribution in [0.15, 0.2) is 36.8 Å². The summed E-state index contributed by atoms with van der Waals surface area (Å²) in [7, 11) is 2.60. The first-order valence-corrected chi connectivity index (χ1v) is 11.4. The summed E-state index contributed by atoms with van der Waals surface area (Å²) >= 11 is 0. The number of fused-ring (bicyclic) bond motifs is 2. The van der Waals surface area contributed by atoms with Crippen LogP contribution in [-0.4, -0.2) is 70.1 Å². The molecule has 1 N–H and O–H groups in total. The standard InChI is InChI=1S/C20H18F2N7O.C3H6.CH4O.K/c1-23-16-8-13-14(9-24-16)18(19(21)22)25-10-15(13)20-26-17-3-2-12(11-29(17)27-20)28-4-6-30-7-5-28;1-2-3-1;1-2;/h2-3,8-11,19H,4-7H2,1H3;1-3H2;2H,1H3;/q-1;;;+1. The number of aliphatic hydroxyl groups is 1. The summed E-state index contributed by atoms with van der Waals surface area (Å²) in [5, 5.41) is 16.5. The van der Waals surface area contributed by atoms with Crippen molar-refractivity contribution >= 4 is 27.9 Å². The first kappa shape index (κ1) is 28.8. The number of aromatic nitrogens is 5. The third kappa shape index (κ3) is 6.74. The number of ether oxygens (including phenoxy) is 1. The Morgan fingerprint density at radius 2 is 1.75 bits per heavy atom. The molecule has 1 aliphatic heterocycles. The van der Waals surface area contributed by atoms with Crippen LogP contribution < -0.4 is 56.3 Å². The molecule has 1 saturated carbocycles. The Balaban J connectivity index is 0.000000550. The summed E-state index contributed by atoms with van der Waals surface area (Å²) in [6.07, 6.45) is 6.47. The van der Waals surface area contributed by atoms with Gasteiger partial charge in [-0.1, -0.05) is 44.4 Å². The first-order chi connectivity index (χ1) is 17.1. The number of halogens is 2. The molecular formula is C24H28F2KN7O2. The number of pyridine rings is 3. The van der Waals surface area contributed by atoms with Gasteiger partial charge in [0.05, 0.1) is 25.1 Å². The van der Waals surface area contributed by atoms with E-state index in [9.17, 15) is 8.78 Å². The summed E-state index contributed by atoms with van der Waals surface area (Å²) in [4.78, 5) is 14.9. The van der Waals surface area contributed by atoms with Crippen LogP contribution in [0.25, 0.3) is 33.1 Å². The van der Waals surface area contributed by atoms with E-state index < -0.39 is 6.43 Å². The summed E-state index contributed by atoms with van der Waals surface area (Å²) in [6.45, 7) is 3.00. The zero-order valence-electron chi connectivity index (χ0n) is 20.7. The molecule has 0 spiro atoms. The fraction of sp³-hybridized carbons (Fsp3) is 0.417. The molecule has 186 valence electrons. The van der Waals surface area contributed by atoms with Gasteiger partial charge in [0.2, 0.25) is 0 Å². The molecule has 5 heterocycles. The van der Waals surface area contributed by atoms with Crippen molar-refractivity contribution in [2.45, 2.75) is 25.7 Å². The van der Waals surface area contributed by atoms with Gasteiger partial charge < -0.3 is 25.0 Å². The Morgan fingerprint density at radius 1 is 1.03 bits per heavy atom. The zero-order valence-corrected chi connectivity index (χ0v) is 23.9. The molecule has 0 radical (unpaired) electrons. The smallest absolute Gasteiger partial charge is 0.469 e. The average Bonchev–Trinajstić information content (AvgIpc) is 3.74. The third-order valence-corrected chi connectivity index (χ3v) is 5.51. The number of aliphatic hydroxyl groups excluding tert-OH is 1. The van der Waals surface area contributed by atoms with Gasteiger partial charge in [-0.3, -0.25) is 4.98 Å². The van der Waals surface area contributed by atoms with Crippen LogP contribution in [0.2, 0.25) is 0 Å². The van der Waals surface area contributed by atoms with E-state index in [1.54, 1.807) is 17.6 Å². The van der Waals surface area contributed by atoms with Gasteiger partial charge in [-0.2, -0.15) is 0 Å². The second-order valence-electron chi connectivity index (χ2n) is 7.96. The molecule has 4 aromatic heterocycles. The number of anilines is 1. The van der Waals surface area contributed by atoms with Crippen LogP contribution in [0, 0.1) is 0 Å². The summed E-state index contributed by atoms with van der Waals surface area (Å²) in [6, 6.07) is 5.54. The molecule has 6 rings (SSSR count). The Bertz CT molecular complexity index is 1280. The molecule has 1 saturated heterocycles. The predicted molar refractivity (Wildman–Crippen MR) is 130 cm³/mol. The number of nitrogens with zero attached hydrogens (tertiary/aromatic N) is 7. The van der Waals surface area contributed by atoms with Gasteiger partial charge >= 0.3 is 51.4 Å². The number of morpholine rings is 1. The van der Waals surface area contributed by atoms with Crippen molar-refractivity contribution in [3.63, 3.8) is 0 Å². The molecule has 36 heavy (non-hydrogen) atoms. The molecule has 4 aromatic rings. The maximum atomic E-state index is 13.4. The molecule has 2 fully saturated rings. The topological polar surface area (TPSA) is 103 Å². The van der Waals surface area contributed by atoms with E-state index in [4.69, 9.17) is 9.84 Å². The van der Waals surface area contributed by atoms with E-state index >= 15 is 0 Å². The Labute approximate surface area is 250 Å². The van der Waals surface area contributed by atoms with Gasteiger partial charge in [0.15, 0.2) is 11.5 Å². The van der Waals surface area contributed by atoms with Gasteiger partial charge in [0, 0.05) is 37.3 Å². The molecule has 9 nitrogen and oxygen atoms in total. The molecule has 12 heteroatoms. The number of alkyl halides is 2. The van der Waals surface area contributed by atoms with Crippen LogP contribution in [0.3, 0.4) is 0 Å². The summed E-state index contributed by atoms with van der Waals surface area (Å²) < 4.78 is 34.0. The van der Waals surface area contributed by atoms with Gasteiger partial charge in [0.25, 0.3) is 6.43 Å². The van der Waals surface area contributed by atoms with E-state index in [0.29, 0.717) is 41.5 Å². The number of hydrogen-bond donors (Lipinski definition) is 1. The van der Waals surface area contributed by atoms with E-state index in [2.05, 4.69) is 30.3 Å². The van der Waals surface area contributed by atoms with E-state index in [1.165, 1.54) is 31.7 Å². The maximum Gasteiger partial charge on any atom is 1.00 e. The van der Waals surface area contributed by atoms with Gasteiger partial charge in [-0.05, 0) is 17.5 Å². The van der Waals surface area contributed by atoms with Gasteiger partial charge in [-0.15, -0.1) is 5.10 Å². The van der Waals surface area contributed by atoms with E-state index in [0.717, 1.165) is 25.9 Å². The Hall–Kier alpha value is -1.80. The zero-order chi connectivity index (χ0) is 24.8. The SMILES string of the molecule is C1CC1.CO.C[N-]c1cc2c(-c3nc4ccc(N5CCOCC5)cn4n3)cnc(C(F)F)c2cn1.[K+]. The van der Waals surface area contributed by atoms with Crippen molar-refractivity contribution in [2.24, 2.45) is 0 Å². The van der Waals surface area contributed by atoms with Gasteiger partial charge in [0.1, 0.15) is 5.69 Å². The monoisotopic (exact) mass is 523 g/mol. The van der Waals surface area contributed by atoms with Crippen molar-refractivity contribution < 1.29 is 70.0 Å². The van der Waals surface area contributed by atoms with Crippen molar-refractivity contribution in [3.05, 3.63) is 47.8 Å². The molecule has 1 aliphatic carbocycles. The Morgan fingerprint density at radius 3 is 2.39 bits per heavy atom. The van der Waals surface area contributed by atoms with Crippen LogP contribution in [0.5, 0.6) is 0 Å². The third-order valence-electron chi connectivity index (χ3n) is 5.51. The van der Waals surface area contributed by atoms with Crippen molar-refractivity contribution in [1.82, 2.24) is 24.6 Å². The maximum absolute atomic E-state index is 13.4. The molecule has 0 aromatic carbocycles. The van der Waals surface area contributed by atoms with E-state index in [1.807, 2.05) is 18.3 Å². The van der Waals surface area contributed by atoms with Crippen molar-refractivity contribution in [2.75, 3.05) is 45.4 Å². The minimum atomic E-state index is -2.71. The summed E-state index contributed by atoms with van der Waals surface area (Å²) in [5.74, 6) is 0.842. The van der Waals surface area contributed by atoms with Gasteiger partial charge in [-0.25, -0.2) is 18.3 Å². The predicted octanol–water partition coefficient (Wildman–Crippen LogP) is 1.53. The molecule has 0 bridgehead atoms. The largest absolute Gasteiger partial charge is 1.00 e. The fourth-order valence-electron chi connectivity index (χ4n) is 3.61. The van der Waals surface area contributed by atoms with Crippen LogP contribution in [0.1, 0.15) is 31.4 Å². The van der Waals surface area contributed by atoms with E-state index in [-0.39, 0.29) is 62.5 Å². The van der Waals surface area contributed by atoms with Crippen LogP contribution in [-0.2, 0) is 4.74 Å². The normalized spacial score (nSPS) is 14.4. The van der Waals surface area contributed by atoms with Crippen molar-refractivity contribution in [3.8, 4) is 11.4 Å². The van der Waals surface area contributed by atoms with Crippen LogP contribution in [0.4, 0.5) is 20.3 Å². The number of rotatable bonds is 4.